The first-order valence-corrected chi connectivity index (χ1v) is 14.1. The average molecular weight is 503 g/mol. The second kappa shape index (κ2) is 27.8. The van der Waals surface area contributed by atoms with Crippen LogP contribution in [0.1, 0.15) is 94.2 Å². The number of para-hydroxylation sites is 1. The van der Waals surface area contributed by atoms with Gasteiger partial charge in [-0.2, -0.15) is 0 Å². The van der Waals surface area contributed by atoms with Crippen LogP contribution in [-0.4, -0.2) is 17.9 Å². The maximum absolute atomic E-state index is 11.8. The zero-order valence-electron chi connectivity index (χ0n) is 25.1. The Balaban J connectivity index is -0.000000187. The molecular weight excluding hydrogens is 448 g/mol. The highest BCUT2D eigenvalue weighted by molar-refractivity contribution is 7.07. The number of hydrogen-bond donors (Lipinski definition) is 0. The van der Waals surface area contributed by atoms with Crippen LogP contribution < -0.4 is 4.90 Å². The molecule has 0 saturated carbocycles. The van der Waals surface area contributed by atoms with Gasteiger partial charge in [-0.3, -0.25) is 9.78 Å². The molecule has 1 aromatic heterocycles. The van der Waals surface area contributed by atoms with E-state index in [-0.39, 0.29) is 11.3 Å². The summed E-state index contributed by atoms with van der Waals surface area (Å²) >= 11 is 1.60. The molecule has 35 heavy (non-hydrogen) atoms. The summed E-state index contributed by atoms with van der Waals surface area (Å²) < 4.78 is 0. The van der Waals surface area contributed by atoms with Crippen LogP contribution in [0.4, 0.5) is 5.69 Å². The third kappa shape index (κ3) is 15.9. The van der Waals surface area contributed by atoms with E-state index in [2.05, 4.69) is 24.0 Å². The van der Waals surface area contributed by atoms with Crippen LogP contribution in [-0.2, 0) is 10.2 Å². The van der Waals surface area contributed by atoms with Crippen molar-refractivity contribution < 1.29 is 4.79 Å². The van der Waals surface area contributed by atoms with Crippen molar-refractivity contribution >= 4 is 22.9 Å². The first kappa shape index (κ1) is 39.7. The molecule has 3 nitrogen and oxygen atoms in total. The number of carbonyl (C=O) groups is 1. The molecule has 0 bridgehead atoms. The van der Waals surface area contributed by atoms with Gasteiger partial charge in [0.2, 0.25) is 5.91 Å². The monoisotopic (exact) mass is 502 g/mol. The molecule has 4 heteroatoms. The second-order valence-electron chi connectivity index (χ2n) is 6.34. The molecule has 1 amide bonds. The summed E-state index contributed by atoms with van der Waals surface area (Å²) in [6, 6.07) is 18.2. The van der Waals surface area contributed by atoms with Crippen LogP contribution in [0.15, 0.2) is 71.7 Å². The number of aryl methyl sites for hydroxylation is 1. The lowest BCUT2D eigenvalue weighted by atomic mass is 9.86. The Morgan fingerprint density at radius 1 is 0.743 bits per heavy atom. The zero-order valence-corrected chi connectivity index (χ0v) is 26.0. The third-order valence-corrected chi connectivity index (χ3v) is 4.59. The van der Waals surface area contributed by atoms with Gasteiger partial charge >= 0.3 is 0 Å². The highest BCUT2D eigenvalue weighted by atomic mass is 32.1. The Labute approximate surface area is 222 Å². The van der Waals surface area contributed by atoms with Crippen molar-refractivity contribution in [3.8, 4) is 0 Å². The topological polar surface area (TPSA) is 33.2 Å². The smallest absolute Gasteiger partial charge is 0.236 e. The fourth-order valence-electron chi connectivity index (χ4n) is 2.65. The Morgan fingerprint density at radius 2 is 1.20 bits per heavy atom. The van der Waals surface area contributed by atoms with E-state index < -0.39 is 0 Å². The largest absolute Gasteiger partial charge is 0.314 e. The maximum atomic E-state index is 11.8. The second-order valence-corrected chi connectivity index (χ2v) is 7.09. The summed E-state index contributed by atoms with van der Waals surface area (Å²) in [6.07, 6.45) is 1.77. The van der Waals surface area contributed by atoms with E-state index in [9.17, 15) is 4.79 Å². The van der Waals surface area contributed by atoms with Crippen molar-refractivity contribution in [3.63, 3.8) is 0 Å². The molecule has 0 fully saturated rings. The highest BCUT2D eigenvalue weighted by Gasteiger charge is 2.41. The van der Waals surface area contributed by atoms with Crippen LogP contribution in [0.25, 0.3) is 0 Å². The van der Waals surface area contributed by atoms with Gasteiger partial charge in [0.05, 0.1) is 10.9 Å². The lowest BCUT2D eigenvalue weighted by Gasteiger charge is -2.16. The molecule has 4 rings (SSSR count). The number of carbonyl (C=O) groups excluding carboxylic acids is 1. The van der Waals surface area contributed by atoms with Gasteiger partial charge in [-0.15, -0.1) is 11.3 Å². The van der Waals surface area contributed by atoms with Crippen molar-refractivity contribution in [1.82, 2.24) is 4.98 Å². The number of amides is 1. The fraction of sp³-hybridized carbons (Fsp3) is 0.484. The summed E-state index contributed by atoms with van der Waals surface area (Å²) in [6.45, 7) is 26.0. The normalized spacial score (nSPS) is 10.8. The van der Waals surface area contributed by atoms with E-state index in [0.29, 0.717) is 0 Å². The zero-order chi connectivity index (χ0) is 28.3. The highest BCUT2D eigenvalue weighted by Crippen LogP contribution is 2.39. The number of aromatic nitrogens is 1. The van der Waals surface area contributed by atoms with Crippen LogP contribution >= 0.6 is 11.3 Å². The van der Waals surface area contributed by atoms with Crippen molar-refractivity contribution in [2.45, 2.75) is 95.4 Å². The van der Waals surface area contributed by atoms with E-state index in [0.717, 1.165) is 11.3 Å². The quantitative estimate of drug-likeness (QED) is 0.306. The average Bonchev–Trinajstić information content (AvgIpc) is 3.59. The van der Waals surface area contributed by atoms with Gasteiger partial charge in [-0.05, 0) is 32.4 Å². The Bertz CT molecular complexity index is 768. The molecule has 0 radical (unpaired) electrons. The first-order chi connectivity index (χ1) is 16.9. The van der Waals surface area contributed by atoms with Crippen LogP contribution in [0.2, 0.25) is 0 Å². The number of hydrogen-bond acceptors (Lipinski definition) is 3. The molecule has 0 saturated heterocycles. The van der Waals surface area contributed by atoms with Crippen LogP contribution in [0.3, 0.4) is 0 Å². The summed E-state index contributed by atoms with van der Waals surface area (Å²) in [5, 5.41) is 1.93. The van der Waals surface area contributed by atoms with Gasteiger partial charge in [0.25, 0.3) is 0 Å². The van der Waals surface area contributed by atoms with Gasteiger partial charge in [0.15, 0.2) is 0 Å². The van der Waals surface area contributed by atoms with E-state index >= 15 is 0 Å². The minimum absolute atomic E-state index is 0.175. The fourth-order valence-corrected chi connectivity index (χ4v) is 3.00. The van der Waals surface area contributed by atoms with Crippen LogP contribution in [0.5, 0.6) is 0 Å². The van der Waals surface area contributed by atoms with Crippen molar-refractivity contribution in [2.75, 3.05) is 11.9 Å². The molecule has 1 aliphatic rings. The molecule has 200 valence electrons. The van der Waals surface area contributed by atoms with Crippen molar-refractivity contribution in [2.24, 2.45) is 0 Å². The third-order valence-electron chi connectivity index (χ3n) is 4.07. The van der Waals surface area contributed by atoms with Crippen LogP contribution in [0, 0.1) is 6.92 Å². The lowest BCUT2D eigenvalue weighted by molar-refractivity contribution is -0.121. The molecule has 0 N–H and O–H groups in total. The van der Waals surface area contributed by atoms with Crippen molar-refractivity contribution in [1.29, 1.82) is 0 Å². The standard InChI is InChI=1S/C11H13NO.C7H8.C3H3NS.5C2H6/c1-11(2)8-6-4-5-7-9(8)12(3)10(11)13;1-7-5-3-2-4-6-7;1-2-5-3-4-1;5*1-2/h4-7H,1-3H3;2-6H,1H3;1-3H;5*1-2H3. The number of nitrogens with zero attached hydrogens (tertiary/aromatic N) is 2. The maximum Gasteiger partial charge on any atom is 0.236 e. The predicted octanol–water partition coefficient (Wildman–Crippen LogP) is 10.2. The molecule has 1 aliphatic heterocycles. The molecule has 0 aliphatic carbocycles. The number of fused-ring (bicyclic) bond motifs is 1. The van der Waals surface area contributed by atoms with E-state index in [1.54, 1.807) is 27.9 Å². The molecule has 0 unspecified atom stereocenters. The SMILES string of the molecule is CC.CC.CC.CC.CC.CN1C(=O)C(C)(C)c2ccccc21.Cc1ccccc1.c1cscn1. The number of benzene rings is 2. The van der Waals surface area contributed by atoms with Gasteiger partial charge in [0, 0.05) is 24.3 Å². The summed E-state index contributed by atoms with van der Waals surface area (Å²) in [4.78, 5) is 17.3. The Morgan fingerprint density at radius 3 is 1.51 bits per heavy atom. The summed E-state index contributed by atoms with van der Waals surface area (Å²) in [7, 11) is 1.83. The number of likely N-dealkylation sites (N-methyl/N-ethyl adjacent to an activating group) is 1. The minimum atomic E-state index is -0.356. The van der Waals surface area contributed by atoms with E-state index in [4.69, 9.17) is 0 Å². The van der Waals surface area contributed by atoms with E-state index in [1.807, 2.05) is 138 Å². The Hall–Kier alpha value is -2.46. The molecular formula is C31H54N2OS. The minimum Gasteiger partial charge on any atom is -0.314 e. The van der Waals surface area contributed by atoms with E-state index in [1.165, 1.54) is 5.56 Å². The first-order valence-electron chi connectivity index (χ1n) is 13.2. The van der Waals surface area contributed by atoms with Gasteiger partial charge in [-0.25, -0.2) is 0 Å². The number of rotatable bonds is 0. The molecule has 2 heterocycles. The number of thiazole rings is 1. The predicted molar refractivity (Wildman–Crippen MR) is 163 cm³/mol. The summed E-state index contributed by atoms with van der Waals surface area (Å²) in [5.41, 5.74) is 4.92. The lowest BCUT2D eigenvalue weighted by Crippen LogP contribution is -2.33. The molecule has 3 aromatic rings. The van der Waals surface area contributed by atoms with Gasteiger partial charge in [-0.1, -0.05) is 123 Å². The summed E-state index contributed by atoms with van der Waals surface area (Å²) in [5.74, 6) is 0.175. The molecule has 2 aromatic carbocycles. The molecule has 0 spiro atoms. The Kier molecular flexibility index (Phi) is 31.5. The molecule has 0 atom stereocenters. The van der Waals surface area contributed by atoms with Gasteiger partial charge in [0.1, 0.15) is 0 Å². The van der Waals surface area contributed by atoms with Crippen molar-refractivity contribution in [3.05, 3.63) is 82.8 Å². The number of anilines is 1. The van der Waals surface area contributed by atoms with Gasteiger partial charge < -0.3 is 4.90 Å².